The highest BCUT2D eigenvalue weighted by atomic mass is 35.5. The molecule has 1 atom stereocenters. The predicted octanol–water partition coefficient (Wildman–Crippen LogP) is 4.09. The summed E-state index contributed by atoms with van der Waals surface area (Å²) < 4.78 is 26.3. The molecule has 2 aromatic rings. The van der Waals surface area contributed by atoms with Gasteiger partial charge in [0.15, 0.2) is 0 Å². The van der Waals surface area contributed by atoms with E-state index in [0.717, 1.165) is 17.7 Å². The molecular weight excluding hydrogens is 319 g/mol. The van der Waals surface area contributed by atoms with Gasteiger partial charge in [0.2, 0.25) is 0 Å². The van der Waals surface area contributed by atoms with Gasteiger partial charge in [0.25, 0.3) is 0 Å². The van der Waals surface area contributed by atoms with E-state index < -0.39 is 17.7 Å². The van der Waals surface area contributed by atoms with E-state index in [9.17, 15) is 13.9 Å². The van der Waals surface area contributed by atoms with Crippen molar-refractivity contribution in [2.45, 2.75) is 12.6 Å². The maximum absolute atomic E-state index is 13.5. The number of aliphatic hydroxyl groups excluding tert-OH is 1. The molecule has 0 saturated carbocycles. The minimum absolute atomic E-state index is 0.0537. The fraction of sp³-hybridized carbons (Fsp3) is 0.200. The number of benzene rings is 2. The lowest BCUT2D eigenvalue weighted by Crippen LogP contribution is -2.21. The molecule has 0 heterocycles. The Kier molecular flexibility index (Phi) is 5.53. The Morgan fingerprint density at radius 1 is 1.05 bits per heavy atom. The average molecular weight is 332 g/mol. The summed E-state index contributed by atoms with van der Waals surface area (Å²) in [4.78, 5) is 0. The lowest BCUT2D eigenvalue weighted by Gasteiger charge is -2.13. The highest BCUT2D eigenvalue weighted by Crippen LogP contribution is 2.22. The molecule has 2 rings (SSSR count). The lowest BCUT2D eigenvalue weighted by molar-refractivity contribution is 0.169. The molecule has 0 aliphatic carbocycles. The Hall–Kier alpha value is -1.20. The Bertz CT molecular complexity index is 637. The number of hydrogen-bond acceptors (Lipinski definition) is 2. The van der Waals surface area contributed by atoms with Gasteiger partial charge in [0.1, 0.15) is 11.6 Å². The van der Waals surface area contributed by atoms with Gasteiger partial charge in [-0.15, -0.1) is 0 Å². The van der Waals surface area contributed by atoms with Gasteiger partial charge >= 0.3 is 0 Å². The molecule has 1 unspecified atom stereocenters. The van der Waals surface area contributed by atoms with Gasteiger partial charge in [-0.1, -0.05) is 35.3 Å². The van der Waals surface area contributed by atoms with Crippen molar-refractivity contribution in [3.8, 4) is 0 Å². The van der Waals surface area contributed by atoms with Crippen molar-refractivity contribution in [3.63, 3.8) is 0 Å². The van der Waals surface area contributed by atoms with Crippen LogP contribution < -0.4 is 5.32 Å². The largest absolute Gasteiger partial charge is 0.387 e. The first-order chi connectivity index (χ1) is 9.97. The van der Waals surface area contributed by atoms with Gasteiger partial charge in [0, 0.05) is 24.7 Å². The maximum Gasteiger partial charge on any atom is 0.131 e. The van der Waals surface area contributed by atoms with Crippen LogP contribution in [0.3, 0.4) is 0 Å². The molecule has 21 heavy (non-hydrogen) atoms. The first kappa shape index (κ1) is 16.2. The number of hydrogen-bond donors (Lipinski definition) is 2. The molecule has 0 amide bonds. The lowest BCUT2D eigenvalue weighted by atomic mass is 10.1. The molecule has 6 heteroatoms. The third-order valence-corrected chi connectivity index (χ3v) is 3.71. The second-order valence-corrected chi connectivity index (χ2v) is 5.38. The van der Waals surface area contributed by atoms with Gasteiger partial charge in [-0.3, -0.25) is 0 Å². The first-order valence-corrected chi connectivity index (χ1v) is 7.00. The van der Waals surface area contributed by atoms with E-state index in [0.29, 0.717) is 16.6 Å². The number of rotatable bonds is 5. The molecule has 0 bridgehead atoms. The zero-order valence-corrected chi connectivity index (χ0v) is 12.4. The van der Waals surface area contributed by atoms with E-state index in [1.54, 1.807) is 18.2 Å². The molecular formula is C15H13Cl2F2NO. The molecule has 0 aliphatic rings. The predicted molar refractivity (Wildman–Crippen MR) is 79.5 cm³/mol. The molecule has 0 aliphatic heterocycles. The van der Waals surface area contributed by atoms with Crippen molar-refractivity contribution in [1.29, 1.82) is 0 Å². The van der Waals surface area contributed by atoms with Crippen molar-refractivity contribution < 1.29 is 13.9 Å². The Labute approximate surface area is 131 Å². The Morgan fingerprint density at radius 3 is 2.48 bits per heavy atom. The average Bonchev–Trinajstić information content (AvgIpc) is 2.42. The smallest absolute Gasteiger partial charge is 0.131 e. The van der Waals surface area contributed by atoms with E-state index in [1.165, 1.54) is 6.07 Å². The fourth-order valence-electron chi connectivity index (χ4n) is 1.88. The quantitative estimate of drug-likeness (QED) is 0.864. The normalized spacial score (nSPS) is 12.4. The third-order valence-electron chi connectivity index (χ3n) is 2.97. The van der Waals surface area contributed by atoms with E-state index >= 15 is 0 Å². The van der Waals surface area contributed by atoms with Crippen LogP contribution in [-0.4, -0.2) is 11.7 Å². The highest BCUT2D eigenvalue weighted by molar-refractivity contribution is 6.42. The van der Waals surface area contributed by atoms with Crippen molar-refractivity contribution in [1.82, 2.24) is 5.32 Å². The van der Waals surface area contributed by atoms with Crippen molar-refractivity contribution in [3.05, 3.63) is 69.2 Å². The van der Waals surface area contributed by atoms with Gasteiger partial charge in [0.05, 0.1) is 16.1 Å². The summed E-state index contributed by atoms with van der Waals surface area (Å²) in [7, 11) is 0. The summed E-state index contributed by atoms with van der Waals surface area (Å²) in [5, 5.41) is 13.8. The van der Waals surface area contributed by atoms with Crippen LogP contribution in [0.25, 0.3) is 0 Å². The minimum Gasteiger partial charge on any atom is -0.387 e. The van der Waals surface area contributed by atoms with Gasteiger partial charge in [-0.05, 0) is 23.8 Å². The van der Waals surface area contributed by atoms with Crippen molar-refractivity contribution in [2.75, 3.05) is 6.54 Å². The molecule has 0 aromatic heterocycles. The van der Waals surface area contributed by atoms with Crippen LogP contribution in [0.5, 0.6) is 0 Å². The third kappa shape index (κ3) is 4.38. The molecule has 0 fully saturated rings. The topological polar surface area (TPSA) is 32.3 Å². The molecule has 0 saturated heterocycles. The molecule has 2 nitrogen and oxygen atoms in total. The van der Waals surface area contributed by atoms with E-state index in [2.05, 4.69) is 5.32 Å². The van der Waals surface area contributed by atoms with E-state index in [1.807, 2.05) is 0 Å². The summed E-state index contributed by atoms with van der Waals surface area (Å²) in [5.74, 6) is -1.44. The minimum atomic E-state index is -1.06. The molecule has 112 valence electrons. The van der Waals surface area contributed by atoms with Crippen LogP contribution in [0.4, 0.5) is 8.78 Å². The van der Waals surface area contributed by atoms with Crippen molar-refractivity contribution >= 4 is 23.2 Å². The molecule has 0 spiro atoms. The SMILES string of the molecule is OC(CNCc1ccc(Cl)c(Cl)c1)c1ccc(F)cc1F. The second-order valence-electron chi connectivity index (χ2n) is 4.56. The van der Waals surface area contributed by atoms with Gasteiger partial charge < -0.3 is 10.4 Å². The Morgan fingerprint density at radius 2 is 1.81 bits per heavy atom. The van der Waals surface area contributed by atoms with Gasteiger partial charge in [-0.25, -0.2) is 8.78 Å². The first-order valence-electron chi connectivity index (χ1n) is 6.25. The summed E-state index contributed by atoms with van der Waals surface area (Å²) in [6.07, 6.45) is -1.06. The summed E-state index contributed by atoms with van der Waals surface area (Å²) >= 11 is 11.7. The molecule has 2 aromatic carbocycles. The van der Waals surface area contributed by atoms with Crippen LogP contribution in [-0.2, 0) is 6.54 Å². The number of nitrogens with one attached hydrogen (secondary N) is 1. The van der Waals surface area contributed by atoms with E-state index in [-0.39, 0.29) is 12.1 Å². The molecule has 0 radical (unpaired) electrons. The fourth-order valence-corrected chi connectivity index (χ4v) is 2.21. The maximum atomic E-state index is 13.5. The summed E-state index contributed by atoms with van der Waals surface area (Å²) in [6.45, 7) is 0.569. The van der Waals surface area contributed by atoms with Crippen LogP contribution in [0.15, 0.2) is 36.4 Å². The molecule has 2 N–H and O–H groups in total. The van der Waals surface area contributed by atoms with Gasteiger partial charge in [-0.2, -0.15) is 0 Å². The highest BCUT2D eigenvalue weighted by Gasteiger charge is 2.13. The Balaban J connectivity index is 1.92. The van der Waals surface area contributed by atoms with Crippen LogP contribution >= 0.6 is 23.2 Å². The zero-order valence-electron chi connectivity index (χ0n) is 10.9. The van der Waals surface area contributed by atoms with Crippen LogP contribution in [0.2, 0.25) is 10.0 Å². The van der Waals surface area contributed by atoms with Crippen LogP contribution in [0.1, 0.15) is 17.2 Å². The standard InChI is InChI=1S/C15H13Cl2F2NO/c16-12-4-1-9(5-13(12)17)7-20-8-15(21)11-3-2-10(18)6-14(11)19/h1-6,15,20-21H,7-8H2. The number of aliphatic hydroxyl groups is 1. The van der Waals surface area contributed by atoms with Crippen LogP contribution in [0, 0.1) is 11.6 Å². The number of halogens is 4. The second kappa shape index (κ2) is 7.18. The zero-order chi connectivity index (χ0) is 15.4. The van der Waals surface area contributed by atoms with E-state index in [4.69, 9.17) is 23.2 Å². The summed E-state index contributed by atoms with van der Waals surface area (Å²) in [5.41, 5.74) is 0.939. The monoisotopic (exact) mass is 331 g/mol. The van der Waals surface area contributed by atoms with Crippen molar-refractivity contribution in [2.24, 2.45) is 0 Å². The summed E-state index contributed by atoms with van der Waals surface area (Å²) in [6, 6.07) is 8.28.